The number of aliphatic carboxylic acids is 1. The minimum Gasteiger partial charge on any atom is -0.549 e. The molecule has 1 aromatic heterocycles. The minimum absolute atomic E-state index is 0. The van der Waals surface area contributed by atoms with Crippen molar-refractivity contribution in [1.82, 2.24) is 10.3 Å². The van der Waals surface area contributed by atoms with Crippen LogP contribution in [-0.2, 0) is 15.0 Å². The molecule has 124 valence electrons. The van der Waals surface area contributed by atoms with Crippen LogP contribution in [0, 0.1) is 11.7 Å². The van der Waals surface area contributed by atoms with Gasteiger partial charge in [0.15, 0.2) is 0 Å². The number of benzene rings is 1. The predicted octanol–water partition coefficient (Wildman–Crippen LogP) is -1.89. The average Bonchev–Trinajstić information content (AvgIpc) is 3.33. The van der Waals surface area contributed by atoms with Crippen molar-refractivity contribution in [2.24, 2.45) is 5.92 Å². The van der Waals surface area contributed by atoms with Crippen LogP contribution in [0.2, 0.25) is 0 Å². The molecule has 3 atom stereocenters. The van der Waals surface area contributed by atoms with Crippen LogP contribution in [0.1, 0.15) is 30.5 Å². The van der Waals surface area contributed by atoms with E-state index in [2.05, 4.69) is 10.3 Å². The van der Waals surface area contributed by atoms with Gasteiger partial charge in [0, 0.05) is 11.6 Å². The molecule has 1 fully saturated rings. The van der Waals surface area contributed by atoms with Gasteiger partial charge in [0.25, 0.3) is 0 Å². The van der Waals surface area contributed by atoms with Crippen LogP contribution < -0.4 is 40.0 Å². The summed E-state index contributed by atoms with van der Waals surface area (Å²) in [6.07, 6.45) is 2.74. The second kappa shape index (κ2) is 7.64. The second-order valence-corrected chi connectivity index (χ2v) is 6.05. The van der Waals surface area contributed by atoms with Gasteiger partial charge in [-0.15, -0.1) is 0 Å². The number of amides is 1. The summed E-state index contributed by atoms with van der Waals surface area (Å²) in [6.45, 7) is 1.69. The number of pyridine rings is 1. The molecule has 5 nitrogen and oxygen atoms in total. The number of carboxylic acid groups (broad SMARTS) is 1. The van der Waals surface area contributed by atoms with E-state index >= 15 is 0 Å². The van der Waals surface area contributed by atoms with E-state index in [1.165, 1.54) is 12.3 Å². The Kier molecular flexibility index (Phi) is 5.98. The minimum atomic E-state index is -1.29. The fraction of sp³-hybridized carbons (Fsp3) is 0.278. The SMILES string of the molecule is C[C@H](NC(=O)[C@@H]1C[C@@]1(C(=O)[O-])c1ccccc1)c1cncc(F)c1.[Na+]. The molecule has 0 spiro atoms. The first kappa shape index (κ1) is 19.6. The van der Waals surface area contributed by atoms with Crippen molar-refractivity contribution in [3.8, 4) is 0 Å². The number of halogens is 1. The van der Waals surface area contributed by atoms with E-state index in [0.29, 0.717) is 11.1 Å². The summed E-state index contributed by atoms with van der Waals surface area (Å²) < 4.78 is 13.2. The van der Waals surface area contributed by atoms with Gasteiger partial charge in [-0.3, -0.25) is 9.78 Å². The Balaban J connectivity index is 0.00000225. The van der Waals surface area contributed by atoms with Crippen LogP contribution >= 0.6 is 0 Å². The number of aromatic nitrogens is 1. The zero-order valence-electron chi connectivity index (χ0n) is 14.0. The van der Waals surface area contributed by atoms with Crippen molar-refractivity contribution < 1.29 is 48.6 Å². The molecule has 1 aliphatic rings. The van der Waals surface area contributed by atoms with E-state index in [-0.39, 0.29) is 41.9 Å². The van der Waals surface area contributed by atoms with Crippen molar-refractivity contribution in [2.75, 3.05) is 0 Å². The first-order valence-corrected chi connectivity index (χ1v) is 7.63. The number of nitrogens with zero attached hydrogens (tertiary/aromatic N) is 1. The van der Waals surface area contributed by atoms with E-state index in [1.54, 1.807) is 37.3 Å². The summed E-state index contributed by atoms with van der Waals surface area (Å²) in [7, 11) is 0. The molecule has 3 rings (SSSR count). The Labute approximate surface area is 167 Å². The zero-order chi connectivity index (χ0) is 17.3. The van der Waals surface area contributed by atoms with Gasteiger partial charge in [-0.05, 0) is 30.5 Å². The molecule has 0 saturated heterocycles. The molecule has 0 bridgehead atoms. The fourth-order valence-corrected chi connectivity index (χ4v) is 3.04. The van der Waals surface area contributed by atoms with Gasteiger partial charge in [-0.1, -0.05) is 30.3 Å². The third-order valence-electron chi connectivity index (χ3n) is 4.52. The zero-order valence-corrected chi connectivity index (χ0v) is 16.0. The average molecular weight is 350 g/mol. The third kappa shape index (κ3) is 3.76. The number of carbonyl (C=O) groups is 2. The Bertz CT molecular complexity index is 787. The molecule has 0 unspecified atom stereocenters. The quantitative estimate of drug-likeness (QED) is 0.640. The van der Waals surface area contributed by atoms with Gasteiger partial charge >= 0.3 is 29.6 Å². The van der Waals surface area contributed by atoms with E-state index < -0.39 is 29.2 Å². The molecule has 1 saturated carbocycles. The molecular formula is C18H16FN2NaO3. The maximum Gasteiger partial charge on any atom is 1.00 e. The van der Waals surface area contributed by atoms with Gasteiger partial charge in [0.05, 0.1) is 24.1 Å². The number of rotatable bonds is 5. The van der Waals surface area contributed by atoms with Crippen molar-refractivity contribution in [3.05, 3.63) is 65.7 Å². The van der Waals surface area contributed by atoms with Crippen LogP contribution in [-0.4, -0.2) is 16.9 Å². The van der Waals surface area contributed by atoms with Gasteiger partial charge in [0.2, 0.25) is 5.91 Å². The number of hydrogen-bond donors (Lipinski definition) is 1. The molecule has 2 aromatic rings. The van der Waals surface area contributed by atoms with Crippen molar-refractivity contribution in [2.45, 2.75) is 24.8 Å². The largest absolute Gasteiger partial charge is 1.00 e. The molecule has 0 aliphatic heterocycles. The third-order valence-corrected chi connectivity index (χ3v) is 4.52. The van der Waals surface area contributed by atoms with E-state index in [4.69, 9.17) is 0 Å². The second-order valence-electron chi connectivity index (χ2n) is 6.05. The monoisotopic (exact) mass is 350 g/mol. The summed E-state index contributed by atoms with van der Waals surface area (Å²) in [6, 6.07) is 9.42. The Hall–Kier alpha value is -1.76. The van der Waals surface area contributed by atoms with E-state index in [9.17, 15) is 19.1 Å². The molecule has 1 N–H and O–H groups in total. The molecule has 1 aromatic carbocycles. The van der Waals surface area contributed by atoms with Crippen molar-refractivity contribution >= 4 is 11.9 Å². The van der Waals surface area contributed by atoms with Crippen LogP contribution in [0.4, 0.5) is 4.39 Å². The Morgan fingerprint density at radius 3 is 2.60 bits per heavy atom. The van der Waals surface area contributed by atoms with Gasteiger partial charge in [-0.2, -0.15) is 0 Å². The van der Waals surface area contributed by atoms with Gasteiger partial charge < -0.3 is 15.2 Å². The fourth-order valence-electron chi connectivity index (χ4n) is 3.04. The maximum atomic E-state index is 13.2. The summed E-state index contributed by atoms with van der Waals surface area (Å²) in [5.74, 6) is -2.84. The maximum absolute atomic E-state index is 13.2. The van der Waals surface area contributed by atoms with E-state index in [0.717, 1.165) is 6.20 Å². The molecule has 25 heavy (non-hydrogen) atoms. The standard InChI is InChI=1S/C18H17FN2O3.Na/c1-11(12-7-14(19)10-20-9-12)21-16(22)15-8-18(15,17(23)24)13-5-3-2-4-6-13;/h2-7,9-11,15H,8H2,1H3,(H,21,22)(H,23,24);/q;+1/p-1/t11-,15-,18+;/m0./s1. The molecule has 0 radical (unpaired) electrons. The molecule has 1 amide bonds. The number of nitrogens with one attached hydrogen (secondary N) is 1. The van der Waals surface area contributed by atoms with Crippen molar-refractivity contribution in [3.63, 3.8) is 0 Å². The first-order chi connectivity index (χ1) is 11.4. The molecule has 7 heteroatoms. The van der Waals surface area contributed by atoms with Crippen LogP contribution in [0.25, 0.3) is 0 Å². The van der Waals surface area contributed by atoms with Gasteiger partial charge in [-0.25, -0.2) is 4.39 Å². The summed E-state index contributed by atoms with van der Waals surface area (Å²) in [5.41, 5.74) is -0.210. The smallest absolute Gasteiger partial charge is 0.549 e. The van der Waals surface area contributed by atoms with Gasteiger partial charge in [0.1, 0.15) is 5.82 Å². The normalized spacial score (nSPS) is 22.4. The Morgan fingerprint density at radius 1 is 1.32 bits per heavy atom. The predicted molar refractivity (Wildman–Crippen MR) is 82.0 cm³/mol. The summed E-state index contributed by atoms with van der Waals surface area (Å²) >= 11 is 0. The Morgan fingerprint density at radius 2 is 2.00 bits per heavy atom. The number of carboxylic acids is 1. The van der Waals surface area contributed by atoms with Crippen LogP contribution in [0.3, 0.4) is 0 Å². The summed E-state index contributed by atoms with van der Waals surface area (Å²) in [5, 5.41) is 14.4. The van der Waals surface area contributed by atoms with Crippen LogP contribution in [0.15, 0.2) is 48.8 Å². The summed E-state index contributed by atoms with van der Waals surface area (Å²) in [4.78, 5) is 27.8. The number of carbonyl (C=O) groups excluding carboxylic acids is 2. The number of hydrogen-bond acceptors (Lipinski definition) is 4. The molecule has 1 heterocycles. The topological polar surface area (TPSA) is 82.1 Å². The van der Waals surface area contributed by atoms with E-state index in [1.807, 2.05) is 0 Å². The van der Waals surface area contributed by atoms with Crippen molar-refractivity contribution in [1.29, 1.82) is 0 Å². The molecular weight excluding hydrogens is 334 g/mol. The molecule has 1 aliphatic carbocycles. The van der Waals surface area contributed by atoms with Crippen LogP contribution in [0.5, 0.6) is 0 Å². The first-order valence-electron chi connectivity index (χ1n) is 7.63.